The van der Waals surface area contributed by atoms with Crippen LogP contribution in [0.1, 0.15) is 33.6 Å². The van der Waals surface area contributed by atoms with Crippen molar-refractivity contribution in [3.63, 3.8) is 0 Å². The van der Waals surface area contributed by atoms with Gasteiger partial charge in [0.1, 0.15) is 6.61 Å². The Morgan fingerprint density at radius 2 is 2.14 bits per heavy atom. The van der Waals surface area contributed by atoms with Crippen LogP contribution in [0.3, 0.4) is 0 Å². The van der Waals surface area contributed by atoms with Gasteiger partial charge in [0.15, 0.2) is 0 Å². The molecule has 0 aliphatic carbocycles. The number of carbonyl (C=O) groups excluding carboxylic acids is 1. The number of rotatable bonds is 6. The van der Waals surface area contributed by atoms with Crippen LogP contribution in [0.5, 0.6) is 0 Å². The van der Waals surface area contributed by atoms with Crippen LogP contribution in [0.4, 0.5) is 0 Å². The van der Waals surface area contributed by atoms with E-state index >= 15 is 0 Å². The van der Waals surface area contributed by atoms with Crippen LogP contribution in [0.2, 0.25) is 0 Å². The van der Waals surface area contributed by atoms with E-state index in [4.69, 9.17) is 4.74 Å². The van der Waals surface area contributed by atoms with E-state index in [1.165, 1.54) is 12.5 Å². The molecule has 0 saturated heterocycles. The summed E-state index contributed by atoms with van der Waals surface area (Å²) in [5, 5.41) is 0. The number of hydrogen-bond acceptors (Lipinski definition) is 2. The molecule has 0 amide bonds. The van der Waals surface area contributed by atoms with E-state index in [9.17, 15) is 4.79 Å². The van der Waals surface area contributed by atoms with Crippen molar-refractivity contribution < 1.29 is 9.53 Å². The topological polar surface area (TPSA) is 26.3 Å². The van der Waals surface area contributed by atoms with Crippen LogP contribution in [-0.2, 0) is 9.53 Å². The molecule has 0 aliphatic heterocycles. The Balaban J connectivity index is 3.66. The number of ether oxygens (including phenoxy) is 1. The monoisotopic (exact) mass is 196 g/mol. The Kier molecular flexibility index (Phi) is 6.81. The van der Waals surface area contributed by atoms with Crippen LogP contribution < -0.4 is 0 Å². The highest BCUT2D eigenvalue weighted by Gasteiger charge is 1.97. The maximum Gasteiger partial charge on any atom is 0.302 e. The molecular formula is C12H20O2. The van der Waals surface area contributed by atoms with Gasteiger partial charge in [-0.05, 0) is 31.8 Å². The van der Waals surface area contributed by atoms with Crippen molar-refractivity contribution in [1.82, 2.24) is 0 Å². The average molecular weight is 196 g/mol. The highest BCUT2D eigenvalue weighted by atomic mass is 16.5. The maximum absolute atomic E-state index is 10.5. The predicted octanol–water partition coefficient (Wildman–Crippen LogP) is 3.10. The molecule has 0 bridgehead atoms. The average Bonchev–Trinajstić information content (AvgIpc) is 2.13. The molecule has 0 aromatic rings. The zero-order valence-electron chi connectivity index (χ0n) is 9.38. The minimum Gasteiger partial charge on any atom is -0.462 e. The number of allylic oxidation sites excluding steroid dienone is 2. The van der Waals surface area contributed by atoms with E-state index in [2.05, 4.69) is 20.4 Å². The minimum atomic E-state index is -0.228. The lowest BCUT2D eigenvalue weighted by molar-refractivity contribution is -0.139. The normalized spacial score (nSPS) is 13.5. The van der Waals surface area contributed by atoms with Crippen molar-refractivity contribution in [1.29, 1.82) is 0 Å². The second-order valence-electron chi connectivity index (χ2n) is 3.60. The lowest BCUT2D eigenvalue weighted by Crippen LogP contribution is -1.98. The predicted molar refractivity (Wildman–Crippen MR) is 59.0 cm³/mol. The zero-order valence-corrected chi connectivity index (χ0v) is 9.38. The first-order chi connectivity index (χ1) is 6.56. The summed E-state index contributed by atoms with van der Waals surface area (Å²) in [5.41, 5.74) is 1.26. The molecule has 14 heavy (non-hydrogen) atoms. The first kappa shape index (κ1) is 12.9. The second-order valence-corrected chi connectivity index (χ2v) is 3.60. The molecule has 0 aromatic heterocycles. The quantitative estimate of drug-likeness (QED) is 0.482. The summed E-state index contributed by atoms with van der Waals surface area (Å²) in [7, 11) is 0. The summed E-state index contributed by atoms with van der Waals surface area (Å²) in [6.45, 7) is 9.75. The van der Waals surface area contributed by atoms with E-state index in [0.717, 1.165) is 12.8 Å². The van der Waals surface area contributed by atoms with Crippen LogP contribution in [-0.4, -0.2) is 12.6 Å². The lowest BCUT2D eigenvalue weighted by Gasteiger charge is -2.05. The van der Waals surface area contributed by atoms with Gasteiger partial charge >= 0.3 is 5.97 Å². The number of carbonyl (C=O) groups is 1. The highest BCUT2D eigenvalue weighted by Crippen LogP contribution is 2.11. The molecule has 80 valence electrons. The van der Waals surface area contributed by atoms with E-state index in [1.807, 2.05) is 12.2 Å². The third kappa shape index (κ3) is 7.59. The number of esters is 1. The molecule has 0 N–H and O–H groups in total. The van der Waals surface area contributed by atoms with E-state index in [1.54, 1.807) is 0 Å². The standard InChI is InChI=1S/C12H20O2/c1-5-10(2)6-7-11(3)8-9-14-12(4)13/h5,8,10H,1,6-7,9H2,2-4H3. The van der Waals surface area contributed by atoms with Crippen molar-refractivity contribution in [2.75, 3.05) is 6.61 Å². The SMILES string of the molecule is C=CC(C)CCC(C)=CCOC(C)=O. The molecule has 1 unspecified atom stereocenters. The molecule has 0 radical (unpaired) electrons. The Bertz CT molecular complexity index is 216. The van der Waals surface area contributed by atoms with Crippen molar-refractivity contribution >= 4 is 5.97 Å². The van der Waals surface area contributed by atoms with Crippen molar-refractivity contribution in [2.24, 2.45) is 5.92 Å². The fourth-order valence-corrected chi connectivity index (χ4v) is 0.977. The molecule has 2 nitrogen and oxygen atoms in total. The third-order valence-corrected chi connectivity index (χ3v) is 2.11. The second kappa shape index (κ2) is 7.36. The molecule has 0 heterocycles. The summed E-state index contributed by atoms with van der Waals surface area (Å²) < 4.78 is 4.81. The molecule has 1 atom stereocenters. The van der Waals surface area contributed by atoms with E-state index in [-0.39, 0.29) is 5.97 Å². The zero-order chi connectivity index (χ0) is 11.0. The Hall–Kier alpha value is -1.05. The van der Waals surface area contributed by atoms with Gasteiger partial charge in [-0.3, -0.25) is 4.79 Å². The van der Waals surface area contributed by atoms with Crippen LogP contribution in [0.15, 0.2) is 24.3 Å². The minimum absolute atomic E-state index is 0.228. The summed E-state index contributed by atoms with van der Waals surface area (Å²) in [4.78, 5) is 10.5. The lowest BCUT2D eigenvalue weighted by atomic mass is 10.0. The van der Waals surface area contributed by atoms with Gasteiger partial charge in [0, 0.05) is 6.92 Å². The van der Waals surface area contributed by atoms with E-state index < -0.39 is 0 Å². The Labute approximate surface area is 86.6 Å². The number of hydrogen-bond donors (Lipinski definition) is 0. The molecule has 0 aromatic carbocycles. The fraction of sp³-hybridized carbons (Fsp3) is 0.583. The van der Waals surface area contributed by atoms with Gasteiger partial charge in [-0.25, -0.2) is 0 Å². The van der Waals surface area contributed by atoms with Crippen LogP contribution in [0.25, 0.3) is 0 Å². The van der Waals surface area contributed by atoms with Gasteiger partial charge in [0.2, 0.25) is 0 Å². The molecule has 0 aliphatic rings. The van der Waals surface area contributed by atoms with Crippen molar-refractivity contribution in [3.8, 4) is 0 Å². The van der Waals surface area contributed by atoms with Gasteiger partial charge in [-0.2, -0.15) is 0 Å². The van der Waals surface area contributed by atoms with Crippen LogP contribution in [0, 0.1) is 5.92 Å². The summed E-state index contributed by atoms with van der Waals surface area (Å²) in [5.74, 6) is 0.320. The first-order valence-corrected chi connectivity index (χ1v) is 4.97. The van der Waals surface area contributed by atoms with Gasteiger partial charge < -0.3 is 4.74 Å². The van der Waals surface area contributed by atoms with Crippen LogP contribution >= 0.6 is 0 Å². The molecule has 0 spiro atoms. The van der Waals surface area contributed by atoms with Crippen molar-refractivity contribution in [3.05, 3.63) is 24.3 Å². The molecule has 0 rings (SSSR count). The highest BCUT2D eigenvalue weighted by molar-refractivity contribution is 5.66. The molecular weight excluding hydrogens is 176 g/mol. The molecule has 0 fully saturated rings. The van der Waals surface area contributed by atoms with Gasteiger partial charge in [0.25, 0.3) is 0 Å². The fourth-order valence-electron chi connectivity index (χ4n) is 0.977. The molecule has 2 heteroatoms. The Morgan fingerprint density at radius 1 is 1.50 bits per heavy atom. The Morgan fingerprint density at radius 3 is 2.64 bits per heavy atom. The summed E-state index contributed by atoms with van der Waals surface area (Å²) in [6.07, 6.45) is 6.05. The van der Waals surface area contributed by atoms with Gasteiger partial charge in [0.05, 0.1) is 0 Å². The summed E-state index contributed by atoms with van der Waals surface area (Å²) in [6, 6.07) is 0. The third-order valence-electron chi connectivity index (χ3n) is 2.11. The maximum atomic E-state index is 10.5. The summed E-state index contributed by atoms with van der Waals surface area (Å²) >= 11 is 0. The smallest absolute Gasteiger partial charge is 0.302 e. The molecule has 0 saturated carbocycles. The van der Waals surface area contributed by atoms with Gasteiger partial charge in [-0.1, -0.05) is 18.6 Å². The first-order valence-electron chi connectivity index (χ1n) is 4.97. The largest absolute Gasteiger partial charge is 0.462 e. The van der Waals surface area contributed by atoms with Crippen molar-refractivity contribution in [2.45, 2.75) is 33.6 Å². The van der Waals surface area contributed by atoms with Gasteiger partial charge in [-0.15, -0.1) is 6.58 Å². The van der Waals surface area contributed by atoms with E-state index in [0.29, 0.717) is 12.5 Å².